The van der Waals surface area contributed by atoms with Crippen LogP contribution in [0.2, 0.25) is 0 Å². The van der Waals surface area contributed by atoms with E-state index in [2.05, 4.69) is 9.98 Å². The number of aliphatic imine (C=N–C) groups is 1. The molecule has 88 valence electrons. The molecular weight excluding hydrogens is 218 g/mol. The average Bonchev–Trinajstić information content (AvgIpc) is 2.30. The van der Waals surface area contributed by atoms with Gasteiger partial charge < -0.3 is 4.74 Å². The molecule has 0 aliphatic heterocycles. The lowest BCUT2D eigenvalue weighted by Crippen LogP contribution is -2.17. The molecule has 0 aromatic carbocycles. The van der Waals surface area contributed by atoms with Crippen LogP contribution in [-0.2, 0) is 9.53 Å². The molecule has 1 aromatic heterocycles. The molecule has 1 unspecified atom stereocenters. The van der Waals surface area contributed by atoms with Crippen LogP contribution in [0.4, 0.5) is 5.82 Å². The van der Waals surface area contributed by atoms with Crippen LogP contribution in [-0.4, -0.2) is 23.8 Å². The van der Waals surface area contributed by atoms with E-state index in [1.54, 1.807) is 19.2 Å². The lowest BCUT2D eigenvalue weighted by Gasteiger charge is -2.02. The standard InChI is InChI=1S/C12H13N3O2/c1-3-17-12(16)10(7-13)8-15-11-6-9(2)4-5-14-11/h4-6,8,10H,3H2,1-2H3. The van der Waals surface area contributed by atoms with Crippen LogP contribution in [0.5, 0.6) is 0 Å². The van der Waals surface area contributed by atoms with Gasteiger partial charge in [0.1, 0.15) is 0 Å². The molecule has 0 saturated carbocycles. The fourth-order valence-corrected chi connectivity index (χ4v) is 1.12. The van der Waals surface area contributed by atoms with E-state index in [1.165, 1.54) is 6.21 Å². The first-order valence-electron chi connectivity index (χ1n) is 5.20. The smallest absolute Gasteiger partial charge is 0.328 e. The van der Waals surface area contributed by atoms with Crippen molar-refractivity contribution in [3.05, 3.63) is 23.9 Å². The Hall–Kier alpha value is -2.22. The predicted octanol–water partition coefficient (Wildman–Crippen LogP) is 1.80. The first-order chi connectivity index (χ1) is 8.17. The molecule has 0 N–H and O–H groups in total. The molecule has 0 aliphatic rings. The second kappa shape index (κ2) is 6.38. The molecule has 1 heterocycles. The maximum atomic E-state index is 11.3. The highest BCUT2D eigenvalue weighted by atomic mass is 16.5. The molecule has 0 spiro atoms. The summed E-state index contributed by atoms with van der Waals surface area (Å²) < 4.78 is 4.73. The van der Waals surface area contributed by atoms with Gasteiger partial charge in [-0.05, 0) is 31.5 Å². The van der Waals surface area contributed by atoms with E-state index in [9.17, 15) is 4.79 Å². The molecule has 0 bridgehead atoms. The molecule has 1 atom stereocenters. The first-order valence-corrected chi connectivity index (χ1v) is 5.20. The highest BCUT2D eigenvalue weighted by molar-refractivity contribution is 5.93. The Morgan fingerprint density at radius 2 is 2.53 bits per heavy atom. The second-order valence-electron chi connectivity index (χ2n) is 3.33. The Labute approximate surface area is 99.8 Å². The van der Waals surface area contributed by atoms with Crippen molar-refractivity contribution in [3.8, 4) is 6.07 Å². The number of aryl methyl sites for hydroxylation is 1. The van der Waals surface area contributed by atoms with Crippen LogP contribution in [0.15, 0.2) is 23.3 Å². The van der Waals surface area contributed by atoms with Crippen LogP contribution >= 0.6 is 0 Å². The quantitative estimate of drug-likeness (QED) is 0.584. The van der Waals surface area contributed by atoms with Crippen LogP contribution < -0.4 is 0 Å². The number of pyridine rings is 1. The average molecular weight is 231 g/mol. The number of hydrogen-bond donors (Lipinski definition) is 0. The Bertz CT molecular complexity index is 463. The fourth-order valence-electron chi connectivity index (χ4n) is 1.12. The van der Waals surface area contributed by atoms with Crippen LogP contribution in [0.25, 0.3) is 0 Å². The number of rotatable bonds is 4. The van der Waals surface area contributed by atoms with Gasteiger partial charge in [-0.15, -0.1) is 0 Å². The van der Waals surface area contributed by atoms with Gasteiger partial charge in [0.05, 0.1) is 12.7 Å². The SMILES string of the molecule is CCOC(=O)C(C#N)C=Nc1cc(C)ccn1. The molecule has 5 nitrogen and oxygen atoms in total. The van der Waals surface area contributed by atoms with Crippen LogP contribution in [0, 0.1) is 24.2 Å². The Kier molecular flexibility index (Phi) is 4.82. The number of esters is 1. The number of carbonyl (C=O) groups excluding carboxylic acids is 1. The highest BCUT2D eigenvalue weighted by Crippen LogP contribution is 2.09. The minimum absolute atomic E-state index is 0.244. The number of ether oxygens (including phenoxy) is 1. The zero-order valence-corrected chi connectivity index (χ0v) is 9.75. The molecular formula is C12H13N3O2. The molecule has 17 heavy (non-hydrogen) atoms. The second-order valence-corrected chi connectivity index (χ2v) is 3.33. The Balaban J connectivity index is 2.75. The van der Waals surface area contributed by atoms with Crippen molar-refractivity contribution in [2.45, 2.75) is 13.8 Å². The summed E-state index contributed by atoms with van der Waals surface area (Å²) in [4.78, 5) is 19.3. The molecule has 1 rings (SSSR count). The summed E-state index contributed by atoms with van der Waals surface area (Å²) in [6.07, 6.45) is 2.87. The fraction of sp³-hybridized carbons (Fsp3) is 0.333. The van der Waals surface area contributed by atoms with E-state index in [0.717, 1.165) is 5.56 Å². The monoisotopic (exact) mass is 231 g/mol. The van der Waals surface area contributed by atoms with E-state index in [-0.39, 0.29) is 6.61 Å². The summed E-state index contributed by atoms with van der Waals surface area (Å²) in [7, 11) is 0. The highest BCUT2D eigenvalue weighted by Gasteiger charge is 2.16. The summed E-state index contributed by atoms with van der Waals surface area (Å²) in [6, 6.07) is 5.42. The van der Waals surface area contributed by atoms with Crippen molar-refractivity contribution in [1.82, 2.24) is 4.98 Å². The minimum atomic E-state index is -0.989. The van der Waals surface area contributed by atoms with Gasteiger partial charge in [-0.1, -0.05) is 0 Å². The maximum Gasteiger partial charge on any atom is 0.328 e. The van der Waals surface area contributed by atoms with Gasteiger partial charge in [-0.3, -0.25) is 4.79 Å². The number of nitrogens with zero attached hydrogens (tertiary/aromatic N) is 3. The largest absolute Gasteiger partial charge is 0.465 e. The topological polar surface area (TPSA) is 75.3 Å². The van der Waals surface area contributed by atoms with Crippen molar-refractivity contribution >= 4 is 18.0 Å². The summed E-state index contributed by atoms with van der Waals surface area (Å²) >= 11 is 0. The molecule has 0 fully saturated rings. The molecule has 1 aromatic rings. The van der Waals surface area contributed by atoms with Gasteiger partial charge in [-0.25, -0.2) is 9.98 Å². The number of aromatic nitrogens is 1. The lowest BCUT2D eigenvalue weighted by atomic mass is 10.2. The van der Waals surface area contributed by atoms with Gasteiger partial charge >= 0.3 is 5.97 Å². The predicted molar refractivity (Wildman–Crippen MR) is 62.9 cm³/mol. The van der Waals surface area contributed by atoms with E-state index >= 15 is 0 Å². The van der Waals surface area contributed by atoms with E-state index in [4.69, 9.17) is 10.00 Å². The molecule has 5 heteroatoms. The van der Waals surface area contributed by atoms with Gasteiger partial charge in [-0.2, -0.15) is 5.26 Å². The van der Waals surface area contributed by atoms with Crippen LogP contribution in [0.1, 0.15) is 12.5 Å². The maximum absolute atomic E-state index is 11.3. The zero-order valence-electron chi connectivity index (χ0n) is 9.75. The van der Waals surface area contributed by atoms with Gasteiger partial charge in [0, 0.05) is 12.4 Å². The van der Waals surface area contributed by atoms with Crippen molar-refractivity contribution in [2.24, 2.45) is 10.9 Å². The van der Waals surface area contributed by atoms with E-state index in [1.807, 2.05) is 19.1 Å². The van der Waals surface area contributed by atoms with Crippen molar-refractivity contribution < 1.29 is 9.53 Å². The third-order valence-corrected chi connectivity index (χ3v) is 1.94. The normalized spacial score (nSPS) is 12.1. The van der Waals surface area contributed by atoms with Gasteiger partial charge in [0.2, 0.25) is 0 Å². The molecule has 0 saturated heterocycles. The lowest BCUT2D eigenvalue weighted by molar-refractivity contribution is -0.143. The zero-order chi connectivity index (χ0) is 12.7. The summed E-state index contributed by atoms with van der Waals surface area (Å²) in [5.41, 5.74) is 1.01. The number of carbonyl (C=O) groups is 1. The van der Waals surface area contributed by atoms with Gasteiger partial charge in [0.25, 0.3) is 0 Å². The third-order valence-electron chi connectivity index (χ3n) is 1.94. The van der Waals surface area contributed by atoms with Crippen molar-refractivity contribution in [2.75, 3.05) is 6.61 Å². The Morgan fingerprint density at radius 3 is 3.12 bits per heavy atom. The van der Waals surface area contributed by atoms with E-state index in [0.29, 0.717) is 5.82 Å². The molecule has 0 aliphatic carbocycles. The molecule has 0 amide bonds. The Morgan fingerprint density at radius 1 is 1.76 bits per heavy atom. The summed E-state index contributed by atoms with van der Waals surface area (Å²) in [5, 5.41) is 8.79. The third kappa shape index (κ3) is 4.03. The van der Waals surface area contributed by atoms with E-state index < -0.39 is 11.9 Å². The van der Waals surface area contributed by atoms with Gasteiger partial charge in [0.15, 0.2) is 11.7 Å². The molecule has 0 radical (unpaired) electrons. The van der Waals surface area contributed by atoms with Crippen molar-refractivity contribution in [3.63, 3.8) is 0 Å². The summed E-state index contributed by atoms with van der Waals surface area (Å²) in [6.45, 7) is 3.84. The minimum Gasteiger partial charge on any atom is -0.465 e. The van der Waals surface area contributed by atoms with Crippen molar-refractivity contribution in [1.29, 1.82) is 5.26 Å². The summed E-state index contributed by atoms with van der Waals surface area (Å²) in [5.74, 6) is -1.11. The van der Waals surface area contributed by atoms with Crippen LogP contribution in [0.3, 0.4) is 0 Å². The number of nitriles is 1. The first kappa shape index (κ1) is 12.8. The number of hydrogen-bond acceptors (Lipinski definition) is 5.